The molecule has 2 aliphatic heterocycles. The van der Waals surface area contributed by atoms with Crippen molar-refractivity contribution in [3.8, 4) is 6.07 Å². The van der Waals surface area contributed by atoms with E-state index in [-0.39, 0.29) is 18.2 Å². The molecule has 0 aliphatic carbocycles. The molecule has 4 rings (SSSR count). The zero-order chi connectivity index (χ0) is 17.6. The Bertz CT molecular complexity index is 919. The van der Waals surface area contributed by atoms with E-state index >= 15 is 0 Å². The Balaban J connectivity index is 2.00. The molecule has 2 aromatic rings. The molecule has 1 saturated heterocycles. The Kier molecular flexibility index (Phi) is 3.52. The lowest BCUT2D eigenvalue weighted by Gasteiger charge is -2.40. The average molecular weight is 352 g/mol. The van der Waals surface area contributed by atoms with Crippen molar-refractivity contribution in [2.24, 2.45) is 0 Å². The van der Waals surface area contributed by atoms with Gasteiger partial charge in [-0.3, -0.25) is 9.59 Å². The first-order valence-electron chi connectivity index (χ1n) is 7.95. The first-order valence-corrected chi connectivity index (χ1v) is 8.33. The standard InChI is InChI=1S/C19H14ClN3O2/c20-14-7-5-13(6-8-14)19-16-4-2-1-3-15(16)18(25)23(19)12-11-22(19)17(24)9-10-21/h1-8H,9,11-12H2. The van der Waals surface area contributed by atoms with Gasteiger partial charge in [-0.05, 0) is 18.2 Å². The SMILES string of the molecule is N#CCC(=O)N1CCN2C(=O)c3ccccc3C12c1ccc(Cl)cc1. The second-order valence-electron chi connectivity index (χ2n) is 6.06. The third-order valence-corrected chi connectivity index (χ3v) is 5.14. The van der Waals surface area contributed by atoms with Crippen LogP contribution in [0.3, 0.4) is 0 Å². The molecule has 25 heavy (non-hydrogen) atoms. The lowest BCUT2D eigenvalue weighted by molar-refractivity contribution is -0.135. The molecule has 2 aromatic carbocycles. The van der Waals surface area contributed by atoms with E-state index in [1.165, 1.54) is 0 Å². The number of halogens is 1. The van der Waals surface area contributed by atoms with Gasteiger partial charge in [-0.25, -0.2) is 0 Å². The maximum Gasteiger partial charge on any atom is 0.256 e. The highest BCUT2D eigenvalue weighted by Gasteiger charge is 2.59. The summed E-state index contributed by atoms with van der Waals surface area (Å²) < 4.78 is 0. The summed E-state index contributed by atoms with van der Waals surface area (Å²) in [6.07, 6.45) is -0.223. The van der Waals surface area contributed by atoms with Crippen molar-refractivity contribution in [2.45, 2.75) is 12.1 Å². The first-order chi connectivity index (χ1) is 12.1. The predicted octanol–water partition coefficient (Wildman–Crippen LogP) is 2.75. The molecule has 1 unspecified atom stereocenters. The topological polar surface area (TPSA) is 64.4 Å². The second-order valence-corrected chi connectivity index (χ2v) is 6.50. The molecule has 6 heteroatoms. The number of carbonyl (C=O) groups excluding carboxylic acids is 2. The van der Waals surface area contributed by atoms with E-state index in [1.54, 1.807) is 28.0 Å². The van der Waals surface area contributed by atoms with Crippen molar-refractivity contribution in [1.82, 2.24) is 9.80 Å². The number of carbonyl (C=O) groups is 2. The quantitative estimate of drug-likeness (QED) is 0.835. The lowest BCUT2D eigenvalue weighted by atomic mass is 9.89. The summed E-state index contributed by atoms with van der Waals surface area (Å²) in [6, 6.07) is 16.4. The third-order valence-electron chi connectivity index (χ3n) is 4.88. The molecule has 0 bridgehead atoms. The average Bonchev–Trinajstić information content (AvgIpc) is 3.12. The van der Waals surface area contributed by atoms with E-state index in [4.69, 9.17) is 16.9 Å². The summed E-state index contributed by atoms with van der Waals surface area (Å²) in [4.78, 5) is 29.0. The van der Waals surface area contributed by atoms with Crippen molar-refractivity contribution < 1.29 is 9.59 Å². The predicted molar refractivity (Wildman–Crippen MR) is 91.7 cm³/mol. The molecule has 2 heterocycles. The van der Waals surface area contributed by atoms with Gasteiger partial charge in [0.25, 0.3) is 5.91 Å². The molecule has 1 fully saturated rings. The molecule has 0 spiro atoms. The largest absolute Gasteiger partial charge is 0.309 e. The zero-order valence-corrected chi connectivity index (χ0v) is 14.0. The van der Waals surface area contributed by atoms with Crippen LogP contribution in [0.1, 0.15) is 27.9 Å². The fourth-order valence-corrected chi connectivity index (χ4v) is 4.07. The van der Waals surface area contributed by atoms with E-state index in [0.29, 0.717) is 23.7 Å². The van der Waals surface area contributed by atoms with Crippen LogP contribution in [0.5, 0.6) is 0 Å². The van der Waals surface area contributed by atoms with Gasteiger partial charge in [-0.1, -0.05) is 41.9 Å². The Morgan fingerprint density at radius 2 is 1.88 bits per heavy atom. The van der Waals surface area contributed by atoms with E-state index in [2.05, 4.69) is 0 Å². The summed E-state index contributed by atoms with van der Waals surface area (Å²) in [5.74, 6) is -0.387. The highest BCUT2D eigenvalue weighted by Crippen LogP contribution is 2.49. The Morgan fingerprint density at radius 1 is 1.16 bits per heavy atom. The fraction of sp³-hybridized carbons (Fsp3) is 0.211. The summed E-state index contributed by atoms with van der Waals surface area (Å²) in [7, 11) is 0. The van der Waals surface area contributed by atoms with Crippen LogP contribution in [-0.4, -0.2) is 34.7 Å². The van der Waals surface area contributed by atoms with Crippen LogP contribution in [0, 0.1) is 11.3 Å². The van der Waals surface area contributed by atoms with Crippen LogP contribution in [0.25, 0.3) is 0 Å². The summed E-state index contributed by atoms with van der Waals surface area (Å²) in [5.41, 5.74) is 1.14. The smallest absolute Gasteiger partial charge is 0.256 e. The summed E-state index contributed by atoms with van der Waals surface area (Å²) >= 11 is 6.03. The maximum absolute atomic E-state index is 12.9. The van der Waals surface area contributed by atoms with Crippen LogP contribution in [0.15, 0.2) is 48.5 Å². The molecule has 124 valence electrons. The minimum atomic E-state index is -1.01. The van der Waals surface area contributed by atoms with Crippen molar-refractivity contribution in [3.63, 3.8) is 0 Å². The number of amides is 2. The van der Waals surface area contributed by atoms with Crippen LogP contribution < -0.4 is 0 Å². The van der Waals surface area contributed by atoms with Crippen LogP contribution in [0.2, 0.25) is 5.02 Å². The minimum absolute atomic E-state index is 0.0993. The Labute approximate surface area is 150 Å². The summed E-state index contributed by atoms with van der Waals surface area (Å²) in [5, 5.41) is 9.56. The Hall–Kier alpha value is -2.84. The third kappa shape index (κ3) is 2.01. The van der Waals surface area contributed by atoms with E-state index in [9.17, 15) is 9.59 Å². The number of benzene rings is 2. The number of nitriles is 1. The monoisotopic (exact) mass is 351 g/mol. The molecule has 0 saturated carbocycles. The van der Waals surface area contributed by atoms with Crippen molar-refractivity contribution in [2.75, 3.05) is 13.1 Å². The summed E-state index contributed by atoms with van der Waals surface area (Å²) in [6.45, 7) is 0.816. The lowest BCUT2D eigenvalue weighted by Crippen LogP contribution is -2.51. The van der Waals surface area contributed by atoms with Gasteiger partial charge in [0.15, 0.2) is 5.66 Å². The molecule has 0 radical (unpaired) electrons. The molecule has 0 N–H and O–H groups in total. The number of fused-ring (bicyclic) bond motifs is 3. The minimum Gasteiger partial charge on any atom is -0.309 e. The number of nitrogens with zero attached hydrogens (tertiary/aromatic N) is 3. The van der Waals surface area contributed by atoms with E-state index in [0.717, 1.165) is 11.1 Å². The molecule has 2 aliphatic rings. The van der Waals surface area contributed by atoms with Crippen LogP contribution in [0.4, 0.5) is 0 Å². The maximum atomic E-state index is 12.9. The molecular weight excluding hydrogens is 338 g/mol. The van der Waals surface area contributed by atoms with Gasteiger partial charge >= 0.3 is 0 Å². The number of rotatable bonds is 2. The van der Waals surface area contributed by atoms with Gasteiger partial charge < -0.3 is 9.80 Å². The van der Waals surface area contributed by atoms with Crippen LogP contribution in [-0.2, 0) is 10.5 Å². The normalized spacial score (nSPS) is 21.0. The molecule has 5 nitrogen and oxygen atoms in total. The highest BCUT2D eigenvalue weighted by atomic mass is 35.5. The Morgan fingerprint density at radius 3 is 2.60 bits per heavy atom. The van der Waals surface area contributed by atoms with Gasteiger partial charge in [0.1, 0.15) is 6.42 Å². The van der Waals surface area contributed by atoms with E-state index < -0.39 is 5.66 Å². The molecule has 0 aromatic heterocycles. The van der Waals surface area contributed by atoms with Gasteiger partial charge in [0, 0.05) is 34.8 Å². The zero-order valence-electron chi connectivity index (χ0n) is 13.3. The molecular formula is C19H14ClN3O2. The number of hydrogen-bond acceptors (Lipinski definition) is 3. The number of hydrogen-bond donors (Lipinski definition) is 0. The van der Waals surface area contributed by atoms with Gasteiger partial charge in [-0.2, -0.15) is 5.26 Å². The molecule has 2 amide bonds. The van der Waals surface area contributed by atoms with Crippen molar-refractivity contribution in [1.29, 1.82) is 5.26 Å². The van der Waals surface area contributed by atoms with Gasteiger partial charge in [-0.15, -0.1) is 0 Å². The fourth-order valence-electron chi connectivity index (χ4n) is 3.95. The molecule has 1 atom stereocenters. The van der Waals surface area contributed by atoms with Crippen molar-refractivity contribution >= 4 is 23.4 Å². The van der Waals surface area contributed by atoms with Gasteiger partial charge in [0.2, 0.25) is 5.91 Å². The highest BCUT2D eigenvalue weighted by molar-refractivity contribution is 6.30. The van der Waals surface area contributed by atoms with Gasteiger partial charge in [0.05, 0.1) is 6.07 Å². The first kappa shape index (κ1) is 15.7. The van der Waals surface area contributed by atoms with E-state index in [1.807, 2.05) is 36.4 Å². The van der Waals surface area contributed by atoms with Crippen molar-refractivity contribution in [3.05, 3.63) is 70.2 Å². The van der Waals surface area contributed by atoms with Crippen LogP contribution >= 0.6 is 11.6 Å². The second kappa shape index (κ2) is 5.61.